The molecule has 0 saturated carbocycles. The van der Waals surface area contributed by atoms with E-state index in [0.717, 1.165) is 30.0 Å². The van der Waals surface area contributed by atoms with Crippen molar-refractivity contribution in [2.45, 2.75) is 20.3 Å². The number of aryl methyl sites for hydroxylation is 3. The van der Waals surface area contributed by atoms with Gasteiger partial charge in [0.2, 0.25) is 0 Å². The summed E-state index contributed by atoms with van der Waals surface area (Å²) in [5, 5.41) is 7.90. The topological polar surface area (TPSA) is 55.6 Å². The van der Waals surface area contributed by atoms with Gasteiger partial charge in [-0.05, 0) is 19.9 Å². The van der Waals surface area contributed by atoms with Gasteiger partial charge in [0.05, 0.1) is 17.1 Å². The van der Waals surface area contributed by atoms with Crippen molar-refractivity contribution < 1.29 is 0 Å². The van der Waals surface area contributed by atoms with Crippen LogP contribution in [0.1, 0.15) is 17.1 Å². The molecule has 0 aliphatic carbocycles. The predicted molar refractivity (Wildman–Crippen MR) is 71.9 cm³/mol. The first-order valence-electron chi connectivity index (χ1n) is 5.79. The second kappa shape index (κ2) is 5.35. The van der Waals surface area contributed by atoms with Gasteiger partial charge in [0.15, 0.2) is 11.0 Å². The molecule has 0 aliphatic rings. The Morgan fingerprint density at radius 2 is 2.00 bits per heavy atom. The fourth-order valence-corrected chi connectivity index (χ4v) is 1.83. The summed E-state index contributed by atoms with van der Waals surface area (Å²) in [7, 11) is 1.91. The van der Waals surface area contributed by atoms with Gasteiger partial charge in [-0.25, -0.2) is 9.97 Å². The fourth-order valence-electron chi connectivity index (χ4n) is 1.59. The lowest BCUT2D eigenvalue weighted by Crippen LogP contribution is -2.09. The molecule has 0 aromatic carbocycles. The van der Waals surface area contributed by atoms with Gasteiger partial charge in [0.1, 0.15) is 0 Å². The molecular weight excluding hydrogens is 250 g/mol. The van der Waals surface area contributed by atoms with Crippen molar-refractivity contribution >= 4 is 17.4 Å². The Morgan fingerprint density at radius 3 is 2.67 bits per heavy atom. The summed E-state index contributed by atoms with van der Waals surface area (Å²) in [6.07, 6.45) is 2.75. The van der Waals surface area contributed by atoms with Crippen LogP contribution in [-0.2, 0) is 13.5 Å². The Bertz CT molecular complexity index is 549. The van der Waals surface area contributed by atoms with Crippen LogP contribution in [-0.4, -0.2) is 26.3 Å². The van der Waals surface area contributed by atoms with Crippen molar-refractivity contribution in [3.8, 4) is 0 Å². The molecule has 2 aromatic rings. The summed E-state index contributed by atoms with van der Waals surface area (Å²) in [6.45, 7) is 4.54. The monoisotopic (exact) mass is 265 g/mol. The van der Waals surface area contributed by atoms with E-state index in [1.165, 1.54) is 0 Å². The second-order valence-corrected chi connectivity index (χ2v) is 4.55. The van der Waals surface area contributed by atoms with E-state index in [1.54, 1.807) is 4.68 Å². The highest BCUT2D eigenvalue weighted by Gasteiger charge is 2.06. The van der Waals surface area contributed by atoms with Gasteiger partial charge in [-0.3, -0.25) is 4.68 Å². The molecule has 0 bridgehead atoms. The van der Waals surface area contributed by atoms with Crippen LogP contribution in [0.25, 0.3) is 0 Å². The van der Waals surface area contributed by atoms with Gasteiger partial charge >= 0.3 is 0 Å². The molecule has 0 fully saturated rings. The molecule has 0 amide bonds. The van der Waals surface area contributed by atoms with Crippen LogP contribution in [0, 0.1) is 13.8 Å². The number of aromatic nitrogens is 4. The number of nitrogens with one attached hydrogen (secondary N) is 1. The number of hydrogen-bond acceptors (Lipinski definition) is 4. The van der Waals surface area contributed by atoms with Crippen molar-refractivity contribution in [2.24, 2.45) is 7.05 Å². The first-order valence-corrected chi connectivity index (χ1v) is 6.17. The lowest BCUT2D eigenvalue weighted by Gasteiger charge is -2.08. The number of hydrogen-bond donors (Lipinski definition) is 1. The van der Waals surface area contributed by atoms with Crippen LogP contribution >= 0.6 is 11.6 Å². The van der Waals surface area contributed by atoms with Crippen molar-refractivity contribution in [3.63, 3.8) is 0 Å². The van der Waals surface area contributed by atoms with Crippen LogP contribution < -0.4 is 5.32 Å². The van der Waals surface area contributed by atoms with Crippen molar-refractivity contribution in [1.29, 1.82) is 0 Å². The lowest BCUT2D eigenvalue weighted by atomic mass is 10.3. The molecule has 6 heteroatoms. The molecule has 0 unspecified atom stereocenters. The minimum Gasteiger partial charge on any atom is -0.367 e. The Hall–Kier alpha value is -1.62. The highest BCUT2D eigenvalue weighted by atomic mass is 35.5. The summed E-state index contributed by atoms with van der Waals surface area (Å²) in [5.74, 6) is 0.635. The quantitative estimate of drug-likeness (QED) is 0.920. The maximum atomic E-state index is 6.03. The molecule has 96 valence electrons. The highest BCUT2D eigenvalue weighted by Crippen LogP contribution is 2.18. The third-order valence-corrected chi connectivity index (χ3v) is 2.97. The number of halogens is 1. The van der Waals surface area contributed by atoms with Gasteiger partial charge in [-0.15, -0.1) is 0 Å². The maximum Gasteiger partial charge on any atom is 0.171 e. The van der Waals surface area contributed by atoms with E-state index >= 15 is 0 Å². The third-order valence-electron chi connectivity index (χ3n) is 2.71. The summed E-state index contributed by atoms with van der Waals surface area (Å²) in [4.78, 5) is 8.60. The third kappa shape index (κ3) is 2.98. The van der Waals surface area contributed by atoms with E-state index in [0.29, 0.717) is 11.0 Å². The molecule has 1 N–H and O–H groups in total. The van der Waals surface area contributed by atoms with Crippen molar-refractivity contribution in [2.75, 3.05) is 11.9 Å². The normalized spacial score (nSPS) is 10.7. The minimum atomic E-state index is 0.416. The van der Waals surface area contributed by atoms with Gasteiger partial charge in [-0.1, -0.05) is 11.6 Å². The Morgan fingerprint density at radius 1 is 1.28 bits per heavy atom. The summed E-state index contributed by atoms with van der Waals surface area (Å²) in [6, 6.07) is 2.00. The van der Waals surface area contributed by atoms with E-state index in [4.69, 9.17) is 11.6 Å². The Kier molecular flexibility index (Phi) is 3.81. The average molecular weight is 266 g/mol. The molecule has 5 nitrogen and oxygen atoms in total. The minimum absolute atomic E-state index is 0.416. The first kappa shape index (κ1) is 12.8. The van der Waals surface area contributed by atoms with E-state index in [2.05, 4.69) is 20.4 Å². The largest absolute Gasteiger partial charge is 0.367 e. The van der Waals surface area contributed by atoms with E-state index in [9.17, 15) is 0 Å². The zero-order valence-corrected chi connectivity index (χ0v) is 11.5. The molecule has 0 aliphatic heterocycles. The zero-order valence-electron chi connectivity index (χ0n) is 10.7. The molecule has 18 heavy (non-hydrogen) atoms. The summed E-state index contributed by atoms with van der Waals surface area (Å²) in [5.41, 5.74) is 2.79. The van der Waals surface area contributed by atoms with Gasteiger partial charge in [-0.2, -0.15) is 5.10 Å². The van der Waals surface area contributed by atoms with E-state index < -0.39 is 0 Å². The average Bonchev–Trinajstić information content (AvgIpc) is 2.71. The van der Waals surface area contributed by atoms with Crippen LogP contribution in [0.2, 0.25) is 5.15 Å². The summed E-state index contributed by atoms with van der Waals surface area (Å²) < 4.78 is 1.79. The van der Waals surface area contributed by atoms with Crippen LogP contribution in [0.3, 0.4) is 0 Å². The molecule has 2 rings (SSSR count). The predicted octanol–water partition coefficient (Wildman–Crippen LogP) is 2.13. The highest BCUT2D eigenvalue weighted by molar-refractivity contribution is 6.31. The molecule has 0 atom stereocenters. The van der Waals surface area contributed by atoms with Gasteiger partial charge < -0.3 is 5.32 Å². The van der Waals surface area contributed by atoms with E-state index in [-0.39, 0.29) is 0 Å². The van der Waals surface area contributed by atoms with Crippen LogP contribution in [0.5, 0.6) is 0 Å². The standard InChI is InChI=1S/C12H16ClN5/c1-8-9(2)16-12(11(13)15-8)14-6-4-10-5-7-18(3)17-10/h5,7H,4,6H2,1-3H3,(H,14,16). The molecule has 0 radical (unpaired) electrons. The van der Waals surface area contributed by atoms with E-state index in [1.807, 2.05) is 33.2 Å². The molecule has 2 aromatic heterocycles. The van der Waals surface area contributed by atoms with Gasteiger partial charge in [0.25, 0.3) is 0 Å². The summed E-state index contributed by atoms with van der Waals surface area (Å²) >= 11 is 6.03. The molecule has 2 heterocycles. The molecular formula is C12H16ClN5. The number of rotatable bonds is 4. The Labute approximate surface area is 111 Å². The lowest BCUT2D eigenvalue weighted by molar-refractivity contribution is 0.741. The first-order chi connectivity index (χ1) is 8.56. The Balaban J connectivity index is 1.96. The molecule has 0 spiro atoms. The van der Waals surface area contributed by atoms with Crippen LogP contribution in [0.4, 0.5) is 5.82 Å². The van der Waals surface area contributed by atoms with Crippen molar-refractivity contribution in [3.05, 3.63) is 34.5 Å². The van der Waals surface area contributed by atoms with Gasteiger partial charge in [0, 0.05) is 26.2 Å². The smallest absolute Gasteiger partial charge is 0.171 e. The fraction of sp³-hybridized carbons (Fsp3) is 0.417. The zero-order chi connectivity index (χ0) is 13.1. The van der Waals surface area contributed by atoms with Crippen molar-refractivity contribution in [1.82, 2.24) is 19.7 Å². The second-order valence-electron chi connectivity index (χ2n) is 4.19. The molecule has 0 saturated heterocycles. The van der Waals surface area contributed by atoms with Crippen LogP contribution in [0.15, 0.2) is 12.3 Å². The SMILES string of the molecule is Cc1nc(Cl)c(NCCc2ccn(C)n2)nc1C. The number of nitrogens with zero attached hydrogens (tertiary/aromatic N) is 4. The maximum absolute atomic E-state index is 6.03. The number of anilines is 1.